The maximum absolute atomic E-state index is 5.70. The largest absolute Gasteiger partial charge is 0.383 e. The van der Waals surface area contributed by atoms with Crippen molar-refractivity contribution < 1.29 is 4.74 Å². The van der Waals surface area contributed by atoms with Gasteiger partial charge in [-0.15, -0.1) is 0 Å². The zero-order chi connectivity index (χ0) is 11.3. The fraction of sp³-hybridized carbons (Fsp3) is 0.600. The van der Waals surface area contributed by atoms with Gasteiger partial charge in [-0.3, -0.25) is 0 Å². The average Bonchev–Trinajstić information content (AvgIpc) is 2.22. The number of nitrogens with two attached hydrogens (primary N) is 1. The Morgan fingerprint density at radius 2 is 2.20 bits per heavy atom. The van der Waals surface area contributed by atoms with E-state index in [-0.39, 0.29) is 0 Å². The van der Waals surface area contributed by atoms with Crippen LogP contribution in [0.5, 0.6) is 0 Å². The van der Waals surface area contributed by atoms with E-state index < -0.39 is 0 Å². The van der Waals surface area contributed by atoms with Crippen LogP contribution < -0.4 is 10.6 Å². The molecule has 0 aromatic carbocycles. The van der Waals surface area contributed by atoms with E-state index in [0.29, 0.717) is 12.4 Å². The van der Waals surface area contributed by atoms with Gasteiger partial charge in [-0.2, -0.15) is 0 Å². The Morgan fingerprint density at radius 1 is 1.47 bits per heavy atom. The van der Waals surface area contributed by atoms with Crippen LogP contribution >= 0.6 is 0 Å². The Labute approximate surface area is 90.3 Å². The van der Waals surface area contributed by atoms with Crippen molar-refractivity contribution in [3.05, 3.63) is 11.9 Å². The van der Waals surface area contributed by atoms with Gasteiger partial charge in [0, 0.05) is 25.8 Å². The predicted molar refractivity (Wildman–Crippen MR) is 60.9 cm³/mol. The second-order valence-electron chi connectivity index (χ2n) is 3.33. The third-order valence-electron chi connectivity index (χ3n) is 2.23. The number of nitrogens with zero attached hydrogens (tertiary/aromatic N) is 3. The van der Waals surface area contributed by atoms with Crippen molar-refractivity contribution in [1.29, 1.82) is 0 Å². The number of rotatable bonds is 5. The molecule has 0 amide bonds. The predicted octanol–water partition coefficient (Wildman–Crippen LogP) is 0.840. The first-order chi connectivity index (χ1) is 7.16. The van der Waals surface area contributed by atoms with Crippen LogP contribution in [0.25, 0.3) is 0 Å². The third kappa shape index (κ3) is 3.06. The topological polar surface area (TPSA) is 64.3 Å². The third-order valence-corrected chi connectivity index (χ3v) is 2.23. The molecule has 0 aliphatic carbocycles. The number of ether oxygens (including phenoxy) is 1. The maximum atomic E-state index is 5.70. The first-order valence-corrected chi connectivity index (χ1v) is 5.02. The Balaban J connectivity index is 2.65. The lowest BCUT2D eigenvalue weighted by molar-refractivity contribution is 0.154. The van der Waals surface area contributed by atoms with Gasteiger partial charge in [0.1, 0.15) is 18.0 Å². The first-order valence-electron chi connectivity index (χ1n) is 5.02. The smallest absolute Gasteiger partial charge is 0.136 e. The molecule has 1 aromatic heterocycles. The molecule has 0 saturated carbocycles. The molecule has 5 nitrogen and oxygen atoms in total. The minimum atomic E-state index is 0.531. The average molecular weight is 210 g/mol. The molecule has 2 N–H and O–H groups in total. The van der Waals surface area contributed by atoms with Gasteiger partial charge in [0.2, 0.25) is 0 Å². The van der Waals surface area contributed by atoms with Gasteiger partial charge in [-0.05, 0) is 13.8 Å². The minimum absolute atomic E-state index is 0.531. The summed E-state index contributed by atoms with van der Waals surface area (Å²) in [6, 6.07) is 0. The number of hydrogen-bond acceptors (Lipinski definition) is 5. The molecule has 1 heterocycles. The van der Waals surface area contributed by atoms with Crippen molar-refractivity contribution in [2.24, 2.45) is 0 Å². The molecule has 1 aromatic rings. The van der Waals surface area contributed by atoms with Crippen LogP contribution in [0.3, 0.4) is 0 Å². The molecule has 0 radical (unpaired) electrons. The Hall–Kier alpha value is -1.36. The normalized spacial score (nSPS) is 10.3. The monoisotopic (exact) mass is 210 g/mol. The highest BCUT2D eigenvalue weighted by molar-refractivity contribution is 5.55. The van der Waals surface area contributed by atoms with Crippen LogP contribution in [0.4, 0.5) is 11.6 Å². The van der Waals surface area contributed by atoms with Crippen molar-refractivity contribution in [1.82, 2.24) is 9.97 Å². The van der Waals surface area contributed by atoms with Crippen LogP contribution in [0.1, 0.15) is 12.5 Å². The van der Waals surface area contributed by atoms with Crippen molar-refractivity contribution in [3.8, 4) is 0 Å². The molecule has 0 atom stereocenters. The van der Waals surface area contributed by atoms with Crippen LogP contribution in [-0.4, -0.2) is 36.8 Å². The molecule has 0 unspecified atom stereocenters. The molecule has 5 heteroatoms. The van der Waals surface area contributed by atoms with Gasteiger partial charge in [0.05, 0.1) is 6.61 Å². The molecule has 0 saturated heterocycles. The maximum Gasteiger partial charge on any atom is 0.136 e. The van der Waals surface area contributed by atoms with Crippen molar-refractivity contribution in [2.45, 2.75) is 13.8 Å². The molecule has 0 aliphatic heterocycles. The number of anilines is 2. The van der Waals surface area contributed by atoms with Crippen molar-refractivity contribution in [2.75, 3.05) is 37.4 Å². The first kappa shape index (κ1) is 11.7. The standard InChI is InChI=1S/C10H18N4O/c1-4-15-6-5-14(3)10-8(2)9(11)12-7-13-10/h7H,4-6H2,1-3H3,(H2,11,12,13). The Morgan fingerprint density at radius 3 is 2.87 bits per heavy atom. The van der Waals surface area contributed by atoms with E-state index in [0.717, 1.165) is 24.5 Å². The van der Waals surface area contributed by atoms with E-state index in [2.05, 4.69) is 9.97 Å². The van der Waals surface area contributed by atoms with E-state index in [1.54, 1.807) is 0 Å². The number of hydrogen-bond donors (Lipinski definition) is 1. The fourth-order valence-corrected chi connectivity index (χ4v) is 1.29. The quantitative estimate of drug-likeness (QED) is 0.730. The summed E-state index contributed by atoms with van der Waals surface area (Å²) < 4.78 is 5.28. The molecular formula is C10H18N4O. The highest BCUT2D eigenvalue weighted by Gasteiger charge is 2.08. The molecule has 0 spiro atoms. The lowest BCUT2D eigenvalue weighted by Crippen LogP contribution is -2.24. The van der Waals surface area contributed by atoms with E-state index in [1.807, 2.05) is 25.8 Å². The van der Waals surface area contributed by atoms with E-state index >= 15 is 0 Å². The summed E-state index contributed by atoms with van der Waals surface area (Å²) >= 11 is 0. The Kier molecular flexibility index (Phi) is 4.30. The van der Waals surface area contributed by atoms with Crippen molar-refractivity contribution >= 4 is 11.6 Å². The lowest BCUT2D eigenvalue weighted by Gasteiger charge is -2.19. The summed E-state index contributed by atoms with van der Waals surface area (Å²) in [5.74, 6) is 1.39. The summed E-state index contributed by atoms with van der Waals surface area (Å²) in [5, 5.41) is 0. The van der Waals surface area contributed by atoms with Crippen LogP contribution in [0, 0.1) is 6.92 Å². The van der Waals surface area contributed by atoms with Gasteiger partial charge in [-0.1, -0.05) is 0 Å². The van der Waals surface area contributed by atoms with Gasteiger partial charge in [-0.25, -0.2) is 9.97 Å². The second-order valence-corrected chi connectivity index (χ2v) is 3.33. The molecule has 0 bridgehead atoms. The minimum Gasteiger partial charge on any atom is -0.383 e. The lowest BCUT2D eigenvalue weighted by atomic mass is 10.3. The summed E-state index contributed by atoms with van der Waals surface area (Å²) in [6.07, 6.45) is 1.48. The molecule has 0 fully saturated rings. The number of nitrogen functional groups attached to an aromatic ring is 1. The van der Waals surface area contributed by atoms with Crippen LogP contribution in [-0.2, 0) is 4.74 Å². The van der Waals surface area contributed by atoms with Crippen molar-refractivity contribution in [3.63, 3.8) is 0 Å². The van der Waals surface area contributed by atoms with Crippen LogP contribution in [0.2, 0.25) is 0 Å². The summed E-state index contributed by atoms with van der Waals surface area (Å²) in [6.45, 7) is 6.12. The zero-order valence-electron chi connectivity index (χ0n) is 9.53. The zero-order valence-corrected chi connectivity index (χ0v) is 9.53. The van der Waals surface area contributed by atoms with Gasteiger partial charge >= 0.3 is 0 Å². The highest BCUT2D eigenvalue weighted by Crippen LogP contribution is 2.18. The second kappa shape index (κ2) is 5.50. The summed E-state index contributed by atoms with van der Waals surface area (Å²) in [4.78, 5) is 10.1. The highest BCUT2D eigenvalue weighted by atomic mass is 16.5. The molecule has 1 rings (SSSR count). The molecule has 15 heavy (non-hydrogen) atoms. The Bertz CT molecular complexity index is 316. The van der Waals surface area contributed by atoms with E-state index in [4.69, 9.17) is 10.5 Å². The fourth-order valence-electron chi connectivity index (χ4n) is 1.29. The molecular weight excluding hydrogens is 192 g/mol. The molecule has 84 valence electrons. The summed E-state index contributed by atoms with van der Waals surface area (Å²) in [5.41, 5.74) is 6.62. The summed E-state index contributed by atoms with van der Waals surface area (Å²) in [7, 11) is 1.97. The molecule has 0 aliphatic rings. The number of aromatic nitrogens is 2. The van der Waals surface area contributed by atoms with Gasteiger partial charge < -0.3 is 15.4 Å². The SMILES string of the molecule is CCOCCN(C)c1ncnc(N)c1C. The van der Waals surface area contributed by atoms with E-state index in [9.17, 15) is 0 Å². The van der Waals surface area contributed by atoms with Gasteiger partial charge in [0.25, 0.3) is 0 Å². The van der Waals surface area contributed by atoms with Gasteiger partial charge in [0.15, 0.2) is 0 Å². The van der Waals surface area contributed by atoms with Crippen LogP contribution in [0.15, 0.2) is 6.33 Å². The van der Waals surface area contributed by atoms with E-state index in [1.165, 1.54) is 6.33 Å². The number of likely N-dealkylation sites (N-methyl/N-ethyl adjacent to an activating group) is 1.